The first-order valence-electron chi connectivity index (χ1n) is 15.7. The van der Waals surface area contributed by atoms with Crippen molar-refractivity contribution in [2.45, 2.75) is 57.4 Å². The van der Waals surface area contributed by atoms with Crippen LogP contribution in [0, 0.1) is 11.7 Å². The van der Waals surface area contributed by atoms with Gasteiger partial charge in [0, 0.05) is 37.5 Å². The smallest absolute Gasteiger partial charge is 0.335 e. The molecule has 1 amide bonds. The minimum absolute atomic E-state index is 0.0597. The third-order valence-electron chi connectivity index (χ3n) is 9.17. The summed E-state index contributed by atoms with van der Waals surface area (Å²) in [6.45, 7) is 9.02. The maximum Gasteiger partial charge on any atom is 0.337 e. The van der Waals surface area contributed by atoms with Crippen LogP contribution in [-0.4, -0.2) is 51.2 Å². The van der Waals surface area contributed by atoms with E-state index in [2.05, 4.69) is 45.8 Å². The summed E-state index contributed by atoms with van der Waals surface area (Å²) in [5.41, 5.74) is 2.91. The van der Waals surface area contributed by atoms with Crippen molar-refractivity contribution in [3.63, 3.8) is 0 Å². The van der Waals surface area contributed by atoms with E-state index in [0.717, 1.165) is 43.4 Å². The Hall–Kier alpha value is -3.94. The first kappa shape index (κ1) is 32.0. The molecule has 1 aliphatic heterocycles. The molecule has 1 saturated carbocycles. The molecule has 12 heteroatoms. The average Bonchev–Trinajstić information content (AvgIpc) is 3.73. The number of aromatic nitrogens is 6. The van der Waals surface area contributed by atoms with E-state index < -0.39 is 11.5 Å². The third-order valence-corrected chi connectivity index (χ3v) is 10.1. The van der Waals surface area contributed by atoms with Gasteiger partial charge in [-0.2, -0.15) is 32.6 Å². The van der Waals surface area contributed by atoms with Crippen molar-refractivity contribution in [3.8, 4) is 11.4 Å². The van der Waals surface area contributed by atoms with Crippen LogP contribution in [0.1, 0.15) is 49.9 Å². The van der Waals surface area contributed by atoms with E-state index >= 15 is 4.39 Å². The number of benzene rings is 1. The van der Waals surface area contributed by atoms with Gasteiger partial charge in [-0.3, -0.25) is 23.3 Å². The molecule has 0 N–H and O–H groups in total. The van der Waals surface area contributed by atoms with Gasteiger partial charge >= 0.3 is 5.69 Å². The highest BCUT2D eigenvalue weighted by atomic mass is 127. The van der Waals surface area contributed by atoms with Crippen LogP contribution in [-0.2, 0) is 24.9 Å². The van der Waals surface area contributed by atoms with Crippen LogP contribution >= 0.6 is 22.4 Å². The standard InChI is InChI=1S/C34H37BFIN7O2/c1-4-6-12-23(11-5-2)31-32(43-19-18-42(34(43)46)28-16-15-27-25(30(28)36)21-38-40(27)3)29-22-41(17-20-44(29)39-31)33(45)24-13-9-7-8-10-14-26(24)35-37/h4-6,11-12,15-16,18-19,21,24,26H,1-2,7-10,13-14,17,20,22H2,3H3/b12-6-,23-11+. The SMILES string of the molecule is C=C/C=C\C(=C/C=C)c1nn2c(c1-n1ccn(-c3ccc4c(cnn4C)c3F)c1=O)CN(C(=O)C1CCCCCCC1[B]I)CC2. The van der Waals surface area contributed by atoms with Gasteiger partial charge in [-0.25, -0.2) is 9.18 Å². The molecule has 4 heterocycles. The van der Waals surface area contributed by atoms with E-state index in [-0.39, 0.29) is 23.3 Å². The number of hydrogen-bond donors (Lipinski definition) is 0. The molecule has 4 aromatic rings. The first-order valence-corrected chi connectivity index (χ1v) is 17.0. The van der Waals surface area contributed by atoms with Crippen LogP contribution in [0.5, 0.6) is 0 Å². The van der Waals surface area contributed by atoms with Gasteiger partial charge in [0.2, 0.25) is 11.0 Å². The van der Waals surface area contributed by atoms with Crippen molar-refractivity contribution in [2.75, 3.05) is 6.54 Å². The number of imidazole rings is 1. The van der Waals surface area contributed by atoms with Crippen LogP contribution in [0.4, 0.5) is 4.39 Å². The topological polar surface area (TPSA) is 82.9 Å². The Labute approximate surface area is 281 Å². The molecule has 0 bridgehead atoms. The molecular formula is C34H37BFIN7O2. The van der Waals surface area contributed by atoms with Gasteiger partial charge in [-0.1, -0.05) is 75.6 Å². The Morgan fingerprint density at radius 2 is 1.87 bits per heavy atom. The third kappa shape index (κ3) is 5.87. The van der Waals surface area contributed by atoms with Crippen molar-refractivity contribution in [2.24, 2.45) is 13.0 Å². The number of allylic oxidation sites excluding steroid dienone is 6. The van der Waals surface area contributed by atoms with E-state index in [0.29, 0.717) is 41.9 Å². The summed E-state index contributed by atoms with van der Waals surface area (Å²) >= 11 is 2.31. The molecule has 1 aromatic carbocycles. The molecule has 1 radical (unpaired) electrons. The average molecular weight is 732 g/mol. The summed E-state index contributed by atoms with van der Waals surface area (Å²) < 4.78 is 22.0. The number of amides is 1. The number of carbonyl (C=O) groups excluding carboxylic acids is 1. The van der Waals surface area contributed by atoms with Gasteiger partial charge in [0.1, 0.15) is 11.4 Å². The predicted molar refractivity (Wildman–Crippen MR) is 189 cm³/mol. The van der Waals surface area contributed by atoms with Crippen molar-refractivity contribution >= 4 is 49.9 Å². The van der Waals surface area contributed by atoms with Gasteiger partial charge in [0.05, 0.1) is 41.6 Å². The van der Waals surface area contributed by atoms with Crippen molar-refractivity contribution in [1.82, 2.24) is 33.6 Å². The lowest BCUT2D eigenvalue weighted by Crippen LogP contribution is -2.43. The fraction of sp³-hybridized carbons (Fsp3) is 0.353. The van der Waals surface area contributed by atoms with E-state index in [1.54, 1.807) is 54.5 Å². The second-order valence-electron chi connectivity index (χ2n) is 11.9. The maximum atomic E-state index is 15.7. The quantitative estimate of drug-likeness (QED) is 0.121. The second kappa shape index (κ2) is 13.8. The van der Waals surface area contributed by atoms with E-state index in [1.807, 2.05) is 21.7 Å². The molecular weight excluding hydrogens is 695 g/mol. The Balaban J connectivity index is 1.45. The van der Waals surface area contributed by atoms with Gasteiger partial charge < -0.3 is 4.90 Å². The summed E-state index contributed by atoms with van der Waals surface area (Å²) in [5.74, 6) is -0.188. The molecule has 237 valence electrons. The van der Waals surface area contributed by atoms with Gasteiger partial charge in [0.25, 0.3) is 0 Å². The zero-order chi connectivity index (χ0) is 32.4. The summed E-state index contributed by atoms with van der Waals surface area (Å²) in [6.07, 6.45) is 20.0. The molecule has 3 aromatic heterocycles. The van der Waals surface area contributed by atoms with Crippen molar-refractivity contribution in [3.05, 3.63) is 102 Å². The zero-order valence-electron chi connectivity index (χ0n) is 26.0. The van der Waals surface area contributed by atoms with E-state index in [9.17, 15) is 9.59 Å². The summed E-state index contributed by atoms with van der Waals surface area (Å²) in [5, 5.41) is 11.6. The van der Waals surface area contributed by atoms with Crippen LogP contribution in [0.3, 0.4) is 0 Å². The summed E-state index contributed by atoms with van der Waals surface area (Å²) in [7, 11) is 1.75. The molecule has 1 aliphatic carbocycles. The van der Waals surface area contributed by atoms with Crippen molar-refractivity contribution < 1.29 is 9.18 Å². The number of carbonyl (C=O) groups is 1. The highest BCUT2D eigenvalue weighted by Gasteiger charge is 2.35. The highest BCUT2D eigenvalue weighted by molar-refractivity contribution is 14.1. The molecule has 0 saturated heterocycles. The van der Waals surface area contributed by atoms with Crippen molar-refractivity contribution in [1.29, 1.82) is 0 Å². The van der Waals surface area contributed by atoms with Gasteiger partial charge in [-0.05, 0) is 24.4 Å². The molecule has 2 aliphatic rings. The van der Waals surface area contributed by atoms with Crippen LogP contribution in [0.2, 0.25) is 5.82 Å². The molecule has 0 spiro atoms. The maximum absolute atomic E-state index is 15.7. The normalized spacial score (nSPS) is 19.2. The highest BCUT2D eigenvalue weighted by Crippen LogP contribution is 2.36. The molecule has 2 atom stereocenters. The number of rotatable bonds is 8. The Morgan fingerprint density at radius 1 is 1.09 bits per heavy atom. The Bertz CT molecular complexity index is 1920. The monoisotopic (exact) mass is 732 g/mol. The summed E-state index contributed by atoms with van der Waals surface area (Å²) in [6, 6.07) is 3.34. The first-order chi connectivity index (χ1) is 22.4. The summed E-state index contributed by atoms with van der Waals surface area (Å²) in [4.78, 5) is 30.2. The lowest BCUT2D eigenvalue weighted by Gasteiger charge is -2.35. The zero-order valence-corrected chi connectivity index (χ0v) is 28.1. The van der Waals surface area contributed by atoms with E-state index in [1.165, 1.54) is 21.8 Å². The van der Waals surface area contributed by atoms with Crippen LogP contribution in [0.25, 0.3) is 27.9 Å². The number of nitrogens with zero attached hydrogens (tertiary/aromatic N) is 7. The minimum Gasteiger partial charge on any atom is -0.335 e. The largest absolute Gasteiger partial charge is 0.337 e. The number of hydrogen-bond acceptors (Lipinski definition) is 4. The molecule has 46 heavy (non-hydrogen) atoms. The second-order valence-corrected chi connectivity index (χ2v) is 12.6. The number of halogens is 2. The number of fused-ring (bicyclic) bond motifs is 2. The minimum atomic E-state index is -0.526. The Morgan fingerprint density at radius 3 is 2.63 bits per heavy atom. The van der Waals surface area contributed by atoms with E-state index in [4.69, 9.17) is 5.10 Å². The number of aryl methyl sites for hydroxylation is 1. The van der Waals surface area contributed by atoms with Gasteiger partial charge in [-0.15, -0.1) is 0 Å². The fourth-order valence-electron chi connectivity index (χ4n) is 6.76. The molecule has 9 nitrogen and oxygen atoms in total. The predicted octanol–water partition coefficient (Wildman–Crippen LogP) is 6.32. The van der Waals surface area contributed by atoms with Crippen LogP contribution in [0.15, 0.2) is 79.1 Å². The van der Waals surface area contributed by atoms with Crippen LogP contribution < -0.4 is 5.69 Å². The van der Waals surface area contributed by atoms with Gasteiger partial charge in [0.15, 0.2) is 5.82 Å². The fourth-order valence-corrected chi connectivity index (χ4v) is 7.62. The Kier molecular flexibility index (Phi) is 9.62. The lowest BCUT2D eigenvalue weighted by molar-refractivity contribution is -0.137. The molecule has 1 fully saturated rings. The molecule has 2 unspecified atom stereocenters. The lowest BCUT2D eigenvalue weighted by atomic mass is 9.69. The molecule has 6 rings (SSSR count).